The first-order valence-electron chi connectivity index (χ1n) is 6.05. The van der Waals surface area contributed by atoms with E-state index in [2.05, 4.69) is 26.6 Å². The molecule has 0 aromatic heterocycles. The van der Waals surface area contributed by atoms with Crippen LogP contribution in [0, 0.1) is 5.82 Å². The molecule has 0 saturated carbocycles. The Morgan fingerprint density at radius 3 is 2.67 bits per heavy atom. The summed E-state index contributed by atoms with van der Waals surface area (Å²) in [6.07, 6.45) is 1.79. The fourth-order valence-electron chi connectivity index (χ4n) is 1.58. The van der Waals surface area contributed by atoms with E-state index < -0.39 is 0 Å². The number of hydrogen-bond donors (Lipinski definition) is 2. The lowest BCUT2D eigenvalue weighted by Gasteiger charge is -2.15. The van der Waals surface area contributed by atoms with Gasteiger partial charge in [0.05, 0.1) is 12.2 Å². The fraction of sp³-hybridized carbons (Fsp3) is 0.462. The number of rotatable bonds is 6. The molecule has 1 aromatic carbocycles. The summed E-state index contributed by atoms with van der Waals surface area (Å²) < 4.78 is 14.2. The molecule has 0 spiro atoms. The number of halogens is 2. The Morgan fingerprint density at radius 1 is 1.39 bits per heavy atom. The minimum atomic E-state index is -0.367. The number of hydrogen-bond acceptors (Lipinski definition) is 2. The second-order valence-electron chi connectivity index (χ2n) is 4.06. The van der Waals surface area contributed by atoms with Gasteiger partial charge < -0.3 is 10.6 Å². The Balaban J connectivity index is 2.49. The van der Waals surface area contributed by atoms with Crippen LogP contribution in [0.5, 0.6) is 0 Å². The van der Waals surface area contributed by atoms with E-state index in [9.17, 15) is 9.18 Å². The molecule has 3 nitrogen and oxygen atoms in total. The van der Waals surface area contributed by atoms with Gasteiger partial charge >= 0.3 is 0 Å². The summed E-state index contributed by atoms with van der Waals surface area (Å²) in [6, 6.07) is 4.77. The van der Waals surface area contributed by atoms with Crippen LogP contribution in [0.3, 0.4) is 0 Å². The van der Waals surface area contributed by atoms with Crippen LogP contribution in [0.25, 0.3) is 0 Å². The van der Waals surface area contributed by atoms with E-state index in [1.165, 1.54) is 6.07 Å². The quantitative estimate of drug-likeness (QED) is 0.845. The highest BCUT2D eigenvalue weighted by Crippen LogP contribution is 2.19. The van der Waals surface area contributed by atoms with Crippen molar-refractivity contribution in [3.8, 4) is 0 Å². The maximum atomic E-state index is 13.4. The molecular formula is C13H18BrFN2O. The molecule has 0 aliphatic rings. The molecule has 1 aromatic rings. The van der Waals surface area contributed by atoms with Crippen molar-refractivity contribution in [3.63, 3.8) is 0 Å². The smallest absolute Gasteiger partial charge is 0.239 e. The summed E-state index contributed by atoms with van der Waals surface area (Å²) in [4.78, 5) is 11.6. The zero-order valence-electron chi connectivity index (χ0n) is 10.6. The van der Waals surface area contributed by atoms with Crippen LogP contribution >= 0.6 is 15.9 Å². The first-order valence-corrected chi connectivity index (χ1v) is 6.84. The van der Waals surface area contributed by atoms with Crippen molar-refractivity contribution in [2.45, 2.75) is 32.7 Å². The molecule has 0 bridgehead atoms. The average Bonchev–Trinajstić information content (AvgIpc) is 2.37. The van der Waals surface area contributed by atoms with Crippen LogP contribution in [0.2, 0.25) is 0 Å². The molecule has 18 heavy (non-hydrogen) atoms. The summed E-state index contributed by atoms with van der Waals surface area (Å²) in [5.74, 6) is -0.489. The number of amides is 1. The van der Waals surface area contributed by atoms with Crippen molar-refractivity contribution in [3.05, 3.63) is 28.5 Å². The molecular weight excluding hydrogens is 299 g/mol. The van der Waals surface area contributed by atoms with Crippen LogP contribution in [-0.2, 0) is 4.79 Å². The first kappa shape index (κ1) is 15.0. The van der Waals surface area contributed by atoms with Crippen molar-refractivity contribution in [1.29, 1.82) is 0 Å². The van der Waals surface area contributed by atoms with Gasteiger partial charge in [0.15, 0.2) is 0 Å². The van der Waals surface area contributed by atoms with Gasteiger partial charge in [-0.1, -0.05) is 29.8 Å². The summed E-state index contributed by atoms with van der Waals surface area (Å²) in [5.41, 5.74) is 0.323. The summed E-state index contributed by atoms with van der Waals surface area (Å²) in [7, 11) is 0. The predicted octanol–water partition coefficient (Wildman–Crippen LogP) is 3.30. The minimum absolute atomic E-state index is 0.0733. The van der Waals surface area contributed by atoms with Crippen LogP contribution in [-0.4, -0.2) is 18.5 Å². The lowest BCUT2D eigenvalue weighted by molar-refractivity contribution is -0.120. The second kappa shape index (κ2) is 7.36. The Bertz CT molecular complexity index is 408. The van der Waals surface area contributed by atoms with Crippen LogP contribution in [0.4, 0.5) is 10.1 Å². The maximum Gasteiger partial charge on any atom is 0.239 e. The van der Waals surface area contributed by atoms with Gasteiger partial charge in [-0.2, -0.15) is 0 Å². The van der Waals surface area contributed by atoms with Gasteiger partial charge in [0, 0.05) is 10.5 Å². The van der Waals surface area contributed by atoms with Gasteiger partial charge in [0.1, 0.15) is 5.82 Å². The van der Waals surface area contributed by atoms with E-state index in [1.807, 2.05) is 13.8 Å². The Labute approximate surface area is 115 Å². The first-order chi connectivity index (χ1) is 8.56. The molecule has 0 radical (unpaired) electrons. The lowest BCUT2D eigenvalue weighted by Crippen LogP contribution is -2.37. The van der Waals surface area contributed by atoms with E-state index >= 15 is 0 Å². The molecule has 5 heteroatoms. The molecule has 100 valence electrons. The third-order valence-corrected chi connectivity index (χ3v) is 3.21. The highest BCUT2D eigenvalue weighted by Gasteiger charge is 2.09. The second-order valence-corrected chi connectivity index (χ2v) is 4.97. The molecule has 0 heterocycles. The van der Waals surface area contributed by atoms with E-state index in [4.69, 9.17) is 0 Å². The molecule has 0 aliphatic carbocycles. The van der Waals surface area contributed by atoms with Crippen molar-refractivity contribution in [2.75, 3.05) is 11.9 Å². The molecule has 1 rings (SSSR count). The van der Waals surface area contributed by atoms with Crippen molar-refractivity contribution in [1.82, 2.24) is 5.32 Å². The van der Waals surface area contributed by atoms with Crippen LogP contribution in [0.15, 0.2) is 22.7 Å². The molecule has 2 N–H and O–H groups in total. The number of carbonyl (C=O) groups is 1. The fourth-order valence-corrected chi connectivity index (χ4v) is 1.94. The monoisotopic (exact) mass is 316 g/mol. The summed E-state index contributed by atoms with van der Waals surface area (Å²) >= 11 is 3.26. The Morgan fingerprint density at radius 2 is 2.06 bits per heavy atom. The third-order valence-electron chi connectivity index (χ3n) is 2.72. The Hall–Kier alpha value is -1.10. The zero-order valence-corrected chi connectivity index (χ0v) is 12.2. The highest BCUT2D eigenvalue weighted by atomic mass is 79.9. The van der Waals surface area contributed by atoms with E-state index in [0.717, 1.165) is 17.3 Å². The van der Waals surface area contributed by atoms with Gasteiger partial charge in [-0.25, -0.2) is 4.39 Å². The predicted molar refractivity (Wildman–Crippen MR) is 75.1 cm³/mol. The number of anilines is 1. The SMILES string of the molecule is CCC(CC)NC(=O)CNc1cc(Br)ccc1F. The van der Waals surface area contributed by atoms with Gasteiger partial charge in [-0.15, -0.1) is 0 Å². The normalized spacial score (nSPS) is 10.5. The molecule has 0 saturated heterocycles. The van der Waals surface area contributed by atoms with Gasteiger partial charge in [-0.3, -0.25) is 4.79 Å². The summed E-state index contributed by atoms with van der Waals surface area (Å²) in [6.45, 7) is 4.12. The van der Waals surface area contributed by atoms with Crippen LogP contribution in [0.1, 0.15) is 26.7 Å². The van der Waals surface area contributed by atoms with E-state index in [-0.39, 0.29) is 24.3 Å². The van der Waals surface area contributed by atoms with Crippen molar-refractivity contribution in [2.24, 2.45) is 0 Å². The topological polar surface area (TPSA) is 41.1 Å². The molecule has 0 aliphatic heterocycles. The largest absolute Gasteiger partial charge is 0.374 e. The van der Waals surface area contributed by atoms with E-state index in [0.29, 0.717) is 5.69 Å². The third kappa shape index (κ3) is 4.64. The zero-order chi connectivity index (χ0) is 13.5. The number of benzene rings is 1. The van der Waals surface area contributed by atoms with Gasteiger partial charge in [0.2, 0.25) is 5.91 Å². The van der Waals surface area contributed by atoms with Crippen molar-refractivity contribution >= 4 is 27.5 Å². The molecule has 0 fully saturated rings. The van der Waals surface area contributed by atoms with Gasteiger partial charge in [0.25, 0.3) is 0 Å². The standard InChI is InChI=1S/C13H18BrFN2O/c1-3-10(4-2)17-13(18)8-16-12-7-9(14)5-6-11(12)15/h5-7,10,16H,3-4,8H2,1-2H3,(H,17,18). The van der Waals surface area contributed by atoms with E-state index in [1.54, 1.807) is 12.1 Å². The highest BCUT2D eigenvalue weighted by molar-refractivity contribution is 9.10. The molecule has 0 atom stereocenters. The van der Waals surface area contributed by atoms with Crippen molar-refractivity contribution < 1.29 is 9.18 Å². The maximum absolute atomic E-state index is 13.4. The Kier molecular flexibility index (Phi) is 6.12. The average molecular weight is 317 g/mol. The van der Waals surface area contributed by atoms with Crippen LogP contribution < -0.4 is 10.6 Å². The molecule has 0 unspecified atom stereocenters. The lowest BCUT2D eigenvalue weighted by atomic mass is 10.2. The molecule has 1 amide bonds. The number of carbonyl (C=O) groups excluding carboxylic acids is 1. The summed E-state index contributed by atoms with van der Waals surface area (Å²) in [5, 5.41) is 5.68. The number of nitrogens with one attached hydrogen (secondary N) is 2. The van der Waals surface area contributed by atoms with Gasteiger partial charge in [-0.05, 0) is 31.0 Å². The minimum Gasteiger partial charge on any atom is -0.374 e.